The second-order valence-electron chi connectivity index (χ2n) is 4.84. The quantitative estimate of drug-likeness (QED) is 0.944. The highest BCUT2D eigenvalue weighted by Crippen LogP contribution is 2.32. The van der Waals surface area contributed by atoms with Crippen LogP contribution in [0, 0.1) is 0 Å². The molecule has 0 atom stereocenters. The van der Waals surface area contributed by atoms with E-state index in [0.29, 0.717) is 24.5 Å². The van der Waals surface area contributed by atoms with Gasteiger partial charge in [-0.3, -0.25) is 0 Å². The van der Waals surface area contributed by atoms with Crippen molar-refractivity contribution in [3.63, 3.8) is 0 Å². The van der Waals surface area contributed by atoms with Crippen molar-refractivity contribution < 1.29 is 14.7 Å². The molecule has 1 saturated heterocycles. The summed E-state index contributed by atoms with van der Waals surface area (Å²) in [6.45, 7) is 1.68. The first-order valence-electron chi connectivity index (χ1n) is 6.31. The highest BCUT2D eigenvalue weighted by molar-refractivity contribution is 7.21. The zero-order valence-electron chi connectivity index (χ0n) is 11.0. The van der Waals surface area contributed by atoms with Crippen LogP contribution in [0.15, 0.2) is 24.3 Å². The van der Waals surface area contributed by atoms with Gasteiger partial charge < -0.3 is 14.9 Å². The molecule has 0 spiro atoms. The van der Waals surface area contributed by atoms with Crippen molar-refractivity contribution >= 4 is 33.4 Å². The van der Waals surface area contributed by atoms with E-state index in [4.69, 9.17) is 0 Å². The number of nitrogens with zero attached hydrogens (tertiary/aromatic N) is 2. The Morgan fingerprint density at radius 3 is 2.75 bits per heavy atom. The van der Waals surface area contributed by atoms with Crippen LogP contribution in [0.25, 0.3) is 10.1 Å². The molecule has 1 aliphatic heterocycles. The van der Waals surface area contributed by atoms with Gasteiger partial charge >= 0.3 is 12.0 Å². The van der Waals surface area contributed by atoms with Gasteiger partial charge in [0.25, 0.3) is 0 Å². The van der Waals surface area contributed by atoms with Crippen molar-refractivity contribution in [1.29, 1.82) is 0 Å². The van der Waals surface area contributed by atoms with Crippen LogP contribution in [-0.2, 0) is 6.54 Å². The highest BCUT2D eigenvalue weighted by atomic mass is 32.1. The molecule has 0 saturated carbocycles. The number of likely N-dealkylation sites (N-methyl/N-ethyl adjacent to an activating group) is 1. The average molecular weight is 290 g/mol. The summed E-state index contributed by atoms with van der Waals surface area (Å²) < 4.78 is 0.944. The van der Waals surface area contributed by atoms with Crippen LogP contribution >= 0.6 is 11.3 Å². The van der Waals surface area contributed by atoms with E-state index in [-0.39, 0.29) is 6.03 Å². The lowest BCUT2D eigenvalue weighted by molar-refractivity contribution is 0.0700. The maximum Gasteiger partial charge on any atom is 0.346 e. The Hall–Kier alpha value is -2.08. The predicted molar refractivity (Wildman–Crippen MR) is 77.2 cm³/mol. The zero-order valence-corrected chi connectivity index (χ0v) is 11.8. The first-order chi connectivity index (χ1) is 9.58. The van der Waals surface area contributed by atoms with Gasteiger partial charge in [-0.15, -0.1) is 11.3 Å². The molecule has 1 aliphatic rings. The molecule has 0 aliphatic carbocycles. The largest absolute Gasteiger partial charge is 0.477 e. The Labute approximate surface area is 120 Å². The van der Waals surface area contributed by atoms with Crippen LogP contribution in [0.5, 0.6) is 0 Å². The molecule has 104 valence electrons. The van der Waals surface area contributed by atoms with Gasteiger partial charge in [0.2, 0.25) is 0 Å². The van der Waals surface area contributed by atoms with Gasteiger partial charge in [-0.1, -0.05) is 18.2 Å². The maximum absolute atomic E-state index is 12.0. The lowest BCUT2D eigenvalue weighted by Gasteiger charge is -2.16. The monoisotopic (exact) mass is 290 g/mol. The molecule has 20 heavy (non-hydrogen) atoms. The van der Waals surface area contributed by atoms with E-state index in [0.717, 1.165) is 15.6 Å². The van der Waals surface area contributed by atoms with Crippen molar-refractivity contribution in [2.24, 2.45) is 0 Å². The first kappa shape index (κ1) is 12.9. The Balaban J connectivity index is 2.03. The number of thiophene rings is 1. The number of carbonyl (C=O) groups is 2. The number of carboxylic acids is 1. The number of carbonyl (C=O) groups excluding carboxylic acids is 1. The standard InChI is InChI=1S/C14H14N2O3S/c1-15-6-7-16(14(15)19)8-10-9-4-2-3-5-11(9)20-12(10)13(17)18/h2-5H,6-8H2,1H3,(H,17,18). The van der Waals surface area contributed by atoms with Crippen LogP contribution in [0.4, 0.5) is 4.79 Å². The fourth-order valence-corrected chi connectivity index (χ4v) is 3.52. The number of benzene rings is 1. The molecular formula is C14H14N2O3S. The lowest BCUT2D eigenvalue weighted by Crippen LogP contribution is -2.29. The Morgan fingerprint density at radius 1 is 1.35 bits per heavy atom. The SMILES string of the molecule is CN1CCN(Cc2c(C(=O)O)sc3ccccc23)C1=O. The van der Waals surface area contributed by atoms with Crippen LogP contribution in [-0.4, -0.2) is 47.0 Å². The molecule has 2 heterocycles. The van der Waals surface area contributed by atoms with Crippen LogP contribution in [0.1, 0.15) is 15.2 Å². The van der Waals surface area contributed by atoms with Crippen molar-refractivity contribution in [3.05, 3.63) is 34.7 Å². The number of fused-ring (bicyclic) bond motifs is 1. The Morgan fingerprint density at radius 2 is 2.10 bits per heavy atom. The summed E-state index contributed by atoms with van der Waals surface area (Å²) in [6, 6.07) is 7.56. The molecule has 2 aromatic rings. The maximum atomic E-state index is 12.0. The van der Waals surface area contributed by atoms with Crippen LogP contribution < -0.4 is 0 Å². The topological polar surface area (TPSA) is 60.9 Å². The molecule has 6 heteroatoms. The molecule has 3 rings (SSSR count). The summed E-state index contributed by atoms with van der Waals surface area (Å²) in [6.07, 6.45) is 0. The third-order valence-electron chi connectivity index (χ3n) is 3.54. The van der Waals surface area contributed by atoms with Gasteiger partial charge in [0.05, 0.1) is 0 Å². The summed E-state index contributed by atoms with van der Waals surface area (Å²) in [5, 5.41) is 10.3. The second-order valence-corrected chi connectivity index (χ2v) is 5.89. The number of amides is 2. The molecule has 1 aromatic heterocycles. The van der Waals surface area contributed by atoms with E-state index in [1.165, 1.54) is 11.3 Å². The van der Waals surface area contributed by atoms with E-state index in [9.17, 15) is 14.7 Å². The van der Waals surface area contributed by atoms with Crippen LogP contribution in [0.3, 0.4) is 0 Å². The van der Waals surface area contributed by atoms with Gasteiger partial charge in [0, 0.05) is 36.9 Å². The minimum Gasteiger partial charge on any atom is -0.477 e. The molecule has 0 bridgehead atoms. The third kappa shape index (κ3) is 2.02. The summed E-state index contributed by atoms with van der Waals surface area (Å²) in [5.41, 5.74) is 0.738. The number of aromatic carboxylic acids is 1. The molecular weight excluding hydrogens is 276 g/mol. The summed E-state index contributed by atoms with van der Waals surface area (Å²) >= 11 is 1.27. The number of urea groups is 1. The minimum absolute atomic E-state index is 0.0448. The van der Waals surface area contributed by atoms with Crippen molar-refractivity contribution in [1.82, 2.24) is 9.80 Å². The van der Waals surface area contributed by atoms with Gasteiger partial charge in [-0.25, -0.2) is 9.59 Å². The lowest BCUT2D eigenvalue weighted by atomic mass is 10.1. The van der Waals surface area contributed by atoms with E-state index < -0.39 is 5.97 Å². The van der Waals surface area contributed by atoms with Crippen molar-refractivity contribution in [3.8, 4) is 0 Å². The van der Waals surface area contributed by atoms with E-state index in [2.05, 4.69) is 0 Å². The molecule has 2 amide bonds. The fraction of sp³-hybridized carbons (Fsp3) is 0.286. The molecule has 0 radical (unpaired) electrons. The van der Waals surface area contributed by atoms with Gasteiger partial charge in [0.15, 0.2) is 0 Å². The van der Waals surface area contributed by atoms with Crippen molar-refractivity contribution in [2.75, 3.05) is 20.1 Å². The second kappa shape index (κ2) is 4.79. The molecule has 1 N–H and O–H groups in total. The average Bonchev–Trinajstić information content (AvgIpc) is 2.95. The van der Waals surface area contributed by atoms with E-state index >= 15 is 0 Å². The minimum atomic E-state index is -0.929. The summed E-state index contributed by atoms with van der Waals surface area (Å²) in [4.78, 5) is 27.0. The zero-order chi connectivity index (χ0) is 14.3. The van der Waals surface area contributed by atoms with Gasteiger partial charge in [0.1, 0.15) is 4.88 Å². The normalized spacial score (nSPS) is 15.3. The smallest absolute Gasteiger partial charge is 0.346 e. The summed E-state index contributed by atoms with van der Waals surface area (Å²) in [7, 11) is 1.76. The molecule has 5 nitrogen and oxygen atoms in total. The Bertz CT molecular complexity index is 695. The van der Waals surface area contributed by atoms with Gasteiger partial charge in [-0.05, 0) is 11.5 Å². The first-order valence-corrected chi connectivity index (χ1v) is 7.13. The number of hydrogen-bond donors (Lipinski definition) is 1. The van der Waals surface area contributed by atoms with Gasteiger partial charge in [-0.2, -0.15) is 0 Å². The number of carboxylic acid groups (broad SMARTS) is 1. The predicted octanol–water partition coefficient (Wildman–Crippen LogP) is 2.47. The fourth-order valence-electron chi connectivity index (χ4n) is 2.47. The molecule has 1 aromatic carbocycles. The highest BCUT2D eigenvalue weighted by Gasteiger charge is 2.28. The van der Waals surface area contributed by atoms with E-state index in [1.54, 1.807) is 16.8 Å². The van der Waals surface area contributed by atoms with Crippen LogP contribution in [0.2, 0.25) is 0 Å². The molecule has 1 fully saturated rings. The molecule has 0 unspecified atom stereocenters. The Kier molecular flexibility index (Phi) is 3.10. The number of hydrogen-bond acceptors (Lipinski definition) is 3. The summed E-state index contributed by atoms with van der Waals surface area (Å²) in [5.74, 6) is -0.929. The van der Waals surface area contributed by atoms with Crippen molar-refractivity contribution in [2.45, 2.75) is 6.54 Å². The third-order valence-corrected chi connectivity index (χ3v) is 4.74. The van der Waals surface area contributed by atoms with E-state index in [1.807, 2.05) is 24.3 Å². The number of rotatable bonds is 3.